The normalized spacial score (nSPS) is 17.2. The van der Waals surface area contributed by atoms with Crippen molar-refractivity contribution in [2.75, 3.05) is 19.7 Å². The maximum absolute atomic E-state index is 13.6. The van der Waals surface area contributed by atoms with E-state index >= 15 is 0 Å². The van der Waals surface area contributed by atoms with E-state index in [1.165, 1.54) is 12.1 Å². The number of aromatic nitrogens is 3. The molecule has 0 radical (unpaired) electrons. The van der Waals surface area contributed by atoms with Gasteiger partial charge in [0.15, 0.2) is 5.82 Å². The van der Waals surface area contributed by atoms with Gasteiger partial charge < -0.3 is 24.5 Å². The van der Waals surface area contributed by atoms with E-state index in [4.69, 9.17) is 15.5 Å². The number of carbonyl (C=O) groups excluding carboxylic acids is 1. The molecule has 1 amide bonds. The van der Waals surface area contributed by atoms with Crippen molar-refractivity contribution in [1.29, 1.82) is 0 Å². The molecule has 2 aromatic heterocycles. The van der Waals surface area contributed by atoms with Crippen LogP contribution in [0.2, 0.25) is 0 Å². The molecule has 1 unspecified atom stereocenters. The van der Waals surface area contributed by atoms with Crippen molar-refractivity contribution in [3.8, 4) is 17.3 Å². The largest absolute Gasteiger partial charge is 0.489 e. The van der Waals surface area contributed by atoms with E-state index in [0.717, 1.165) is 51.9 Å². The molecule has 0 saturated carbocycles. The van der Waals surface area contributed by atoms with Crippen molar-refractivity contribution in [3.05, 3.63) is 83.7 Å². The zero-order valence-corrected chi connectivity index (χ0v) is 20.9. The Bertz CT molecular complexity index is 1690. The van der Waals surface area contributed by atoms with Crippen molar-refractivity contribution in [2.45, 2.75) is 32.0 Å². The van der Waals surface area contributed by atoms with Gasteiger partial charge in [-0.15, -0.1) is 0 Å². The molecule has 192 valence electrons. The zero-order chi connectivity index (χ0) is 25.8. The minimum atomic E-state index is -0.250. The van der Waals surface area contributed by atoms with Crippen LogP contribution in [0.1, 0.15) is 28.8 Å². The molecule has 8 heteroatoms. The molecule has 0 bridgehead atoms. The lowest BCUT2D eigenvalue weighted by Gasteiger charge is -2.31. The Kier molecular flexibility index (Phi) is 5.44. The second kappa shape index (κ2) is 8.99. The Labute approximate surface area is 219 Å². The molecule has 1 fully saturated rings. The summed E-state index contributed by atoms with van der Waals surface area (Å²) in [6, 6.07) is 20.7. The van der Waals surface area contributed by atoms with Crippen LogP contribution in [0, 0.1) is 5.82 Å². The second-order valence-electron chi connectivity index (χ2n) is 10.2. The highest BCUT2D eigenvalue weighted by atomic mass is 19.1. The van der Waals surface area contributed by atoms with Crippen LogP contribution in [0.15, 0.2) is 66.7 Å². The Morgan fingerprint density at radius 1 is 1.08 bits per heavy atom. The van der Waals surface area contributed by atoms with E-state index in [1.54, 1.807) is 0 Å². The first-order chi connectivity index (χ1) is 18.5. The highest BCUT2D eigenvalue weighted by molar-refractivity contribution is 6.00. The molecule has 7 nitrogen and oxygen atoms in total. The number of rotatable bonds is 4. The van der Waals surface area contributed by atoms with Crippen LogP contribution < -0.4 is 10.5 Å². The summed E-state index contributed by atoms with van der Waals surface area (Å²) >= 11 is 0. The summed E-state index contributed by atoms with van der Waals surface area (Å²) in [7, 11) is 0. The SMILES string of the molecule is NC1CCCN(C(=O)c2cc3c4c(c2)nc(-c2cc5ccccc5n2Cc2ccc(F)cc2)n4CCO3)C1. The molecule has 0 aliphatic carbocycles. The first-order valence-corrected chi connectivity index (χ1v) is 13.1. The van der Waals surface area contributed by atoms with Crippen LogP contribution in [-0.2, 0) is 13.1 Å². The number of ether oxygens (including phenoxy) is 1. The van der Waals surface area contributed by atoms with Crippen molar-refractivity contribution in [3.63, 3.8) is 0 Å². The van der Waals surface area contributed by atoms with Gasteiger partial charge in [0.2, 0.25) is 0 Å². The lowest BCUT2D eigenvalue weighted by Crippen LogP contribution is -2.45. The van der Waals surface area contributed by atoms with E-state index < -0.39 is 0 Å². The first-order valence-electron chi connectivity index (χ1n) is 13.1. The minimum Gasteiger partial charge on any atom is -0.489 e. The fraction of sp³-hybridized carbons (Fsp3) is 0.267. The molecule has 3 aromatic carbocycles. The fourth-order valence-electron chi connectivity index (χ4n) is 5.84. The van der Waals surface area contributed by atoms with Gasteiger partial charge in [-0.2, -0.15) is 0 Å². The monoisotopic (exact) mass is 509 g/mol. The number of amides is 1. The minimum absolute atomic E-state index is 0.0138. The Morgan fingerprint density at radius 2 is 1.92 bits per heavy atom. The number of likely N-dealkylation sites (tertiary alicyclic amines) is 1. The molecule has 7 rings (SSSR count). The Morgan fingerprint density at radius 3 is 2.76 bits per heavy atom. The average Bonchev–Trinajstić information content (AvgIpc) is 3.49. The third-order valence-electron chi connectivity index (χ3n) is 7.66. The first kappa shape index (κ1) is 23.0. The van der Waals surface area contributed by atoms with Gasteiger partial charge in [0.25, 0.3) is 5.91 Å². The fourth-order valence-corrected chi connectivity index (χ4v) is 5.84. The lowest BCUT2D eigenvalue weighted by molar-refractivity contribution is 0.0708. The van der Waals surface area contributed by atoms with Gasteiger partial charge in [0.05, 0.1) is 17.8 Å². The van der Waals surface area contributed by atoms with Crippen molar-refractivity contribution in [2.24, 2.45) is 5.73 Å². The Balaban J connectivity index is 1.36. The van der Waals surface area contributed by atoms with Gasteiger partial charge >= 0.3 is 0 Å². The van der Waals surface area contributed by atoms with Gasteiger partial charge in [-0.1, -0.05) is 30.3 Å². The van der Waals surface area contributed by atoms with Gasteiger partial charge in [-0.05, 0) is 54.8 Å². The number of halogens is 1. The van der Waals surface area contributed by atoms with E-state index in [0.29, 0.717) is 44.1 Å². The van der Waals surface area contributed by atoms with E-state index in [-0.39, 0.29) is 17.8 Å². The molecule has 2 N–H and O–H groups in total. The molecule has 2 aliphatic rings. The number of carbonyl (C=O) groups is 1. The number of hydrogen-bond acceptors (Lipinski definition) is 4. The summed E-state index contributed by atoms with van der Waals surface area (Å²) in [6.45, 7) is 3.01. The number of piperidine rings is 1. The molecular weight excluding hydrogens is 481 g/mol. The third-order valence-corrected chi connectivity index (χ3v) is 7.66. The summed E-state index contributed by atoms with van der Waals surface area (Å²) < 4.78 is 24.0. The van der Waals surface area contributed by atoms with E-state index in [9.17, 15) is 9.18 Å². The maximum Gasteiger partial charge on any atom is 0.254 e. The van der Waals surface area contributed by atoms with Gasteiger partial charge in [0.1, 0.15) is 23.7 Å². The van der Waals surface area contributed by atoms with Gasteiger partial charge in [-0.25, -0.2) is 9.37 Å². The number of hydrogen-bond donors (Lipinski definition) is 1. The third kappa shape index (κ3) is 3.83. The summed E-state index contributed by atoms with van der Waals surface area (Å²) in [5.41, 5.74) is 11.4. The van der Waals surface area contributed by atoms with Crippen LogP contribution in [-0.4, -0.2) is 50.7 Å². The second-order valence-corrected chi connectivity index (χ2v) is 10.2. The summed E-state index contributed by atoms with van der Waals surface area (Å²) in [4.78, 5) is 20.3. The maximum atomic E-state index is 13.6. The molecular formula is C30H28FN5O2. The lowest BCUT2D eigenvalue weighted by atomic mass is 10.0. The van der Waals surface area contributed by atoms with E-state index in [2.05, 4.69) is 27.3 Å². The molecule has 4 heterocycles. The summed E-state index contributed by atoms with van der Waals surface area (Å²) in [5.74, 6) is 1.22. The van der Waals surface area contributed by atoms with Crippen molar-refractivity contribution < 1.29 is 13.9 Å². The van der Waals surface area contributed by atoms with Crippen LogP contribution in [0.25, 0.3) is 33.5 Å². The smallest absolute Gasteiger partial charge is 0.254 e. The quantitative estimate of drug-likeness (QED) is 0.378. The zero-order valence-electron chi connectivity index (χ0n) is 20.9. The van der Waals surface area contributed by atoms with Gasteiger partial charge in [-0.3, -0.25) is 4.79 Å². The molecule has 2 aliphatic heterocycles. The topological polar surface area (TPSA) is 78.3 Å². The predicted molar refractivity (Wildman–Crippen MR) is 145 cm³/mol. The van der Waals surface area contributed by atoms with Crippen LogP contribution in [0.4, 0.5) is 4.39 Å². The number of nitrogens with two attached hydrogens (primary N) is 1. The predicted octanol–water partition coefficient (Wildman–Crippen LogP) is 4.80. The van der Waals surface area contributed by atoms with Crippen LogP contribution in [0.5, 0.6) is 5.75 Å². The van der Waals surface area contributed by atoms with Crippen LogP contribution in [0.3, 0.4) is 0 Å². The number of nitrogens with zero attached hydrogens (tertiary/aromatic N) is 4. The average molecular weight is 510 g/mol. The van der Waals surface area contributed by atoms with Crippen LogP contribution >= 0.6 is 0 Å². The highest BCUT2D eigenvalue weighted by Crippen LogP contribution is 2.37. The number of para-hydroxylation sites is 1. The van der Waals surface area contributed by atoms with Crippen molar-refractivity contribution in [1.82, 2.24) is 19.0 Å². The molecule has 1 saturated heterocycles. The standard InChI is InChI=1S/C30H28FN5O2/c31-22-9-7-19(8-10-22)17-36-25-6-2-1-4-20(25)15-26(36)29-33-24-14-21(16-27-28(24)35(29)12-13-38-27)30(37)34-11-3-5-23(32)18-34/h1-2,4,6-10,14-16,23H,3,5,11-13,17-18,32H2. The van der Waals surface area contributed by atoms with Crippen molar-refractivity contribution >= 4 is 27.8 Å². The molecule has 5 aromatic rings. The number of imidazole rings is 1. The number of benzene rings is 3. The van der Waals surface area contributed by atoms with Gasteiger partial charge in [0, 0.05) is 42.1 Å². The summed E-state index contributed by atoms with van der Waals surface area (Å²) in [6.07, 6.45) is 1.85. The Hall–Kier alpha value is -4.17. The summed E-state index contributed by atoms with van der Waals surface area (Å²) in [5, 5.41) is 1.11. The molecule has 38 heavy (non-hydrogen) atoms. The van der Waals surface area contributed by atoms with E-state index in [1.807, 2.05) is 41.3 Å². The number of fused-ring (bicyclic) bond motifs is 1. The molecule has 0 spiro atoms. The molecule has 1 atom stereocenters. The highest BCUT2D eigenvalue weighted by Gasteiger charge is 2.27.